The number of benzene rings is 2. The van der Waals surface area contributed by atoms with Crippen molar-refractivity contribution in [2.24, 2.45) is 5.92 Å². The second kappa shape index (κ2) is 5.08. The van der Waals surface area contributed by atoms with Gasteiger partial charge in [-0.2, -0.15) is 0 Å². The van der Waals surface area contributed by atoms with Gasteiger partial charge in [0.05, 0.1) is 7.11 Å². The lowest BCUT2D eigenvalue weighted by Gasteiger charge is -2.09. The molecule has 0 heterocycles. The van der Waals surface area contributed by atoms with Crippen molar-refractivity contribution in [3.05, 3.63) is 65.0 Å². The molecule has 3 rings (SSSR count). The summed E-state index contributed by atoms with van der Waals surface area (Å²) < 4.78 is 18.6. The molecule has 1 aliphatic rings. The zero-order valence-corrected chi connectivity index (χ0v) is 11.2. The molecule has 0 bridgehead atoms. The van der Waals surface area contributed by atoms with Crippen molar-refractivity contribution < 1.29 is 13.9 Å². The third-order valence-electron chi connectivity index (χ3n) is 3.82. The van der Waals surface area contributed by atoms with E-state index in [9.17, 15) is 9.18 Å². The number of carbonyl (C=O) groups excluding carboxylic acids is 1. The first-order valence-corrected chi connectivity index (χ1v) is 6.63. The van der Waals surface area contributed by atoms with E-state index in [4.69, 9.17) is 4.74 Å². The SMILES string of the molecule is COc1ccc(CC2Cc3ccccc3C2=O)cc1F. The molecule has 20 heavy (non-hydrogen) atoms. The minimum Gasteiger partial charge on any atom is -0.494 e. The number of ketones is 1. The number of halogens is 1. The number of methoxy groups -OCH3 is 1. The summed E-state index contributed by atoms with van der Waals surface area (Å²) in [6, 6.07) is 12.6. The summed E-state index contributed by atoms with van der Waals surface area (Å²) in [7, 11) is 1.44. The van der Waals surface area contributed by atoms with Crippen LogP contribution in [0.15, 0.2) is 42.5 Å². The van der Waals surface area contributed by atoms with Crippen LogP contribution in [-0.2, 0) is 12.8 Å². The number of carbonyl (C=O) groups is 1. The molecular weight excluding hydrogens is 255 g/mol. The Morgan fingerprint density at radius 2 is 2.05 bits per heavy atom. The molecular formula is C17H15FO2. The molecule has 0 saturated carbocycles. The minimum atomic E-state index is -0.382. The molecule has 0 aromatic heterocycles. The zero-order valence-electron chi connectivity index (χ0n) is 11.2. The molecule has 2 aromatic rings. The summed E-state index contributed by atoms with van der Waals surface area (Å²) in [6.45, 7) is 0. The average Bonchev–Trinajstić information content (AvgIpc) is 2.76. The maximum atomic E-state index is 13.7. The largest absolute Gasteiger partial charge is 0.494 e. The van der Waals surface area contributed by atoms with E-state index in [1.54, 1.807) is 6.07 Å². The predicted molar refractivity (Wildman–Crippen MR) is 74.6 cm³/mol. The number of Topliss-reactive ketones (excluding diaryl/α,β-unsaturated/α-hetero) is 1. The molecule has 0 aliphatic heterocycles. The van der Waals surface area contributed by atoms with Crippen molar-refractivity contribution in [3.8, 4) is 5.75 Å². The third-order valence-corrected chi connectivity index (χ3v) is 3.82. The Labute approximate surface area is 117 Å². The lowest BCUT2D eigenvalue weighted by molar-refractivity contribution is 0.0936. The molecule has 3 heteroatoms. The van der Waals surface area contributed by atoms with Gasteiger partial charge in [0.1, 0.15) is 0 Å². The van der Waals surface area contributed by atoms with Crippen LogP contribution in [0.1, 0.15) is 21.5 Å². The summed E-state index contributed by atoms with van der Waals surface area (Å²) in [6.07, 6.45) is 1.30. The Morgan fingerprint density at radius 1 is 1.25 bits per heavy atom. The molecule has 1 aliphatic carbocycles. The van der Waals surface area contributed by atoms with Gasteiger partial charge in [-0.15, -0.1) is 0 Å². The smallest absolute Gasteiger partial charge is 0.166 e. The number of hydrogen-bond donors (Lipinski definition) is 0. The molecule has 2 aromatic carbocycles. The van der Waals surface area contributed by atoms with Gasteiger partial charge in [0.2, 0.25) is 0 Å². The maximum absolute atomic E-state index is 13.7. The van der Waals surface area contributed by atoms with Crippen molar-refractivity contribution in [2.45, 2.75) is 12.8 Å². The van der Waals surface area contributed by atoms with Crippen LogP contribution in [0.3, 0.4) is 0 Å². The van der Waals surface area contributed by atoms with Crippen LogP contribution in [0.4, 0.5) is 4.39 Å². The Kier molecular flexibility index (Phi) is 3.26. The van der Waals surface area contributed by atoms with Gasteiger partial charge >= 0.3 is 0 Å². The second-order valence-electron chi connectivity index (χ2n) is 5.10. The van der Waals surface area contributed by atoms with E-state index in [1.807, 2.05) is 30.3 Å². The van der Waals surface area contributed by atoms with E-state index in [1.165, 1.54) is 13.2 Å². The normalized spacial score (nSPS) is 17.1. The van der Waals surface area contributed by atoms with E-state index < -0.39 is 0 Å². The Bertz CT molecular complexity index is 664. The van der Waals surface area contributed by atoms with Gasteiger partial charge in [-0.3, -0.25) is 4.79 Å². The van der Waals surface area contributed by atoms with Crippen molar-refractivity contribution in [1.82, 2.24) is 0 Å². The molecule has 1 atom stereocenters. The predicted octanol–water partition coefficient (Wildman–Crippen LogP) is 3.43. The fraction of sp³-hybridized carbons (Fsp3) is 0.235. The fourth-order valence-corrected chi connectivity index (χ4v) is 2.80. The number of ether oxygens (including phenoxy) is 1. The Hall–Kier alpha value is -2.16. The van der Waals surface area contributed by atoms with Gasteiger partial charge in [0, 0.05) is 11.5 Å². The van der Waals surface area contributed by atoms with Crippen LogP contribution in [0.2, 0.25) is 0 Å². The highest BCUT2D eigenvalue weighted by Crippen LogP contribution is 2.29. The lowest BCUT2D eigenvalue weighted by Crippen LogP contribution is -2.12. The molecule has 102 valence electrons. The monoisotopic (exact) mass is 270 g/mol. The molecule has 1 unspecified atom stereocenters. The van der Waals surface area contributed by atoms with Gasteiger partial charge in [-0.1, -0.05) is 30.3 Å². The van der Waals surface area contributed by atoms with Crippen LogP contribution in [0.25, 0.3) is 0 Å². The van der Waals surface area contributed by atoms with Crippen LogP contribution < -0.4 is 4.74 Å². The highest BCUT2D eigenvalue weighted by atomic mass is 19.1. The average molecular weight is 270 g/mol. The molecule has 2 nitrogen and oxygen atoms in total. The van der Waals surface area contributed by atoms with Crippen molar-refractivity contribution >= 4 is 5.78 Å². The van der Waals surface area contributed by atoms with Gasteiger partial charge in [0.25, 0.3) is 0 Å². The molecule has 0 amide bonds. The van der Waals surface area contributed by atoms with Gasteiger partial charge in [0.15, 0.2) is 17.3 Å². The molecule has 0 saturated heterocycles. The quantitative estimate of drug-likeness (QED) is 0.854. The van der Waals surface area contributed by atoms with Crippen molar-refractivity contribution in [1.29, 1.82) is 0 Å². The van der Waals surface area contributed by atoms with Crippen molar-refractivity contribution in [2.75, 3.05) is 7.11 Å². The summed E-state index contributed by atoms with van der Waals surface area (Å²) in [4.78, 5) is 12.3. The molecule has 0 N–H and O–H groups in total. The maximum Gasteiger partial charge on any atom is 0.166 e. The zero-order chi connectivity index (χ0) is 14.1. The van der Waals surface area contributed by atoms with Crippen LogP contribution in [0, 0.1) is 11.7 Å². The van der Waals surface area contributed by atoms with Crippen LogP contribution in [-0.4, -0.2) is 12.9 Å². The Balaban J connectivity index is 1.80. The summed E-state index contributed by atoms with van der Waals surface area (Å²) in [5.41, 5.74) is 2.73. The molecule has 0 radical (unpaired) electrons. The first-order chi connectivity index (χ1) is 9.69. The van der Waals surface area contributed by atoms with Crippen molar-refractivity contribution in [3.63, 3.8) is 0 Å². The minimum absolute atomic E-state index is 0.0832. The van der Waals surface area contributed by atoms with Gasteiger partial charge in [-0.05, 0) is 36.1 Å². The van der Waals surface area contributed by atoms with E-state index in [-0.39, 0.29) is 23.3 Å². The summed E-state index contributed by atoms with van der Waals surface area (Å²) in [5.74, 6) is -0.0697. The highest BCUT2D eigenvalue weighted by molar-refractivity contribution is 6.02. The first kappa shape index (κ1) is 12.9. The summed E-state index contributed by atoms with van der Waals surface area (Å²) in [5, 5.41) is 0. The van der Waals surface area contributed by atoms with Crippen LogP contribution >= 0.6 is 0 Å². The van der Waals surface area contributed by atoms with E-state index in [0.717, 1.165) is 23.1 Å². The third kappa shape index (κ3) is 2.20. The first-order valence-electron chi connectivity index (χ1n) is 6.63. The summed E-state index contributed by atoms with van der Waals surface area (Å²) >= 11 is 0. The molecule has 0 spiro atoms. The fourth-order valence-electron chi connectivity index (χ4n) is 2.80. The second-order valence-corrected chi connectivity index (χ2v) is 5.10. The number of fused-ring (bicyclic) bond motifs is 1. The van der Waals surface area contributed by atoms with Gasteiger partial charge in [-0.25, -0.2) is 4.39 Å². The van der Waals surface area contributed by atoms with E-state index >= 15 is 0 Å². The highest BCUT2D eigenvalue weighted by Gasteiger charge is 2.30. The standard InChI is InChI=1S/C17H15FO2/c1-20-16-7-6-11(9-15(16)18)8-13-10-12-4-2-3-5-14(12)17(13)19/h2-7,9,13H,8,10H2,1H3. The van der Waals surface area contributed by atoms with Gasteiger partial charge < -0.3 is 4.74 Å². The molecule has 0 fully saturated rings. The number of rotatable bonds is 3. The Morgan fingerprint density at radius 3 is 2.75 bits per heavy atom. The van der Waals surface area contributed by atoms with E-state index in [2.05, 4.69) is 0 Å². The topological polar surface area (TPSA) is 26.3 Å². The lowest BCUT2D eigenvalue weighted by atomic mass is 9.95. The van der Waals surface area contributed by atoms with E-state index in [0.29, 0.717) is 6.42 Å². The number of hydrogen-bond acceptors (Lipinski definition) is 2. The van der Waals surface area contributed by atoms with Crippen LogP contribution in [0.5, 0.6) is 5.75 Å².